The summed E-state index contributed by atoms with van der Waals surface area (Å²) < 4.78 is 14.3. The predicted molar refractivity (Wildman–Crippen MR) is 119 cm³/mol. The monoisotopic (exact) mass is 413 g/mol. The van der Waals surface area contributed by atoms with Gasteiger partial charge in [-0.05, 0) is 36.2 Å². The van der Waals surface area contributed by atoms with Crippen LogP contribution in [0.3, 0.4) is 0 Å². The first kappa shape index (κ1) is 19.3. The number of aliphatic hydroxyl groups excluding tert-OH is 1. The number of Topliss-reactive ketones (excluding diaryl/α,β-unsaturated/α-hetero) is 1. The summed E-state index contributed by atoms with van der Waals surface area (Å²) >= 11 is 0. The number of halogens is 1. The van der Waals surface area contributed by atoms with Crippen molar-refractivity contribution in [3.05, 3.63) is 77.9 Å². The molecule has 2 aromatic heterocycles. The van der Waals surface area contributed by atoms with Crippen LogP contribution in [0.2, 0.25) is 0 Å². The zero-order valence-corrected chi connectivity index (χ0v) is 16.7. The van der Waals surface area contributed by atoms with Crippen LogP contribution in [0.5, 0.6) is 0 Å². The van der Waals surface area contributed by atoms with E-state index >= 15 is 0 Å². The standard InChI is InChI=1S/C25H20FN3O2/c1-2-22(30)19(27)10-15-9-13(4-6-18(15)26)21-11-17-14(12-28-21)3-5-16-24-20(29-25(16)17)7-8-23(24)31/h2-6,9,11-12,22,27,29-30H,1,7-8,10H2. The topological polar surface area (TPSA) is 89.8 Å². The van der Waals surface area contributed by atoms with Crippen molar-refractivity contribution in [2.75, 3.05) is 0 Å². The highest BCUT2D eigenvalue weighted by molar-refractivity contribution is 6.17. The molecule has 4 aromatic rings. The van der Waals surface area contributed by atoms with Crippen LogP contribution in [0, 0.1) is 11.2 Å². The zero-order chi connectivity index (χ0) is 21.7. The molecule has 1 unspecified atom stereocenters. The first-order valence-corrected chi connectivity index (χ1v) is 10.1. The van der Waals surface area contributed by atoms with Gasteiger partial charge in [0.15, 0.2) is 5.78 Å². The quantitative estimate of drug-likeness (QED) is 0.325. The van der Waals surface area contributed by atoms with Gasteiger partial charge in [-0.3, -0.25) is 9.78 Å². The first-order chi connectivity index (χ1) is 15.0. The van der Waals surface area contributed by atoms with Crippen LogP contribution in [0.25, 0.3) is 32.9 Å². The van der Waals surface area contributed by atoms with Crippen molar-refractivity contribution in [2.24, 2.45) is 0 Å². The van der Waals surface area contributed by atoms with Gasteiger partial charge in [0, 0.05) is 57.7 Å². The second-order valence-corrected chi connectivity index (χ2v) is 7.87. The highest BCUT2D eigenvalue weighted by Crippen LogP contribution is 2.35. The van der Waals surface area contributed by atoms with E-state index < -0.39 is 11.9 Å². The molecule has 1 aliphatic carbocycles. The third-order valence-corrected chi connectivity index (χ3v) is 5.93. The van der Waals surface area contributed by atoms with Crippen LogP contribution < -0.4 is 0 Å². The van der Waals surface area contributed by atoms with Crippen LogP contribution in [-0.4, -0.2) is 32.7 Å². The minimum atomic E-state index is -1.10. The summed E-state index contributed by atoms with van der Waals surface area (Å²) in [5.41, 5.74) is 4.35. The Morgan fingerprint density at radius 1 is 1.26 bits per heavy atom. The van der Waals surface area contributed by atoms with Gasteiger partial charge in [0.1, 0.15) is 11.9 Å². The number of pyridine rings is 1. The molecule has 1 atom stereocenters. The maximum atomic E-state index is 14.3. The van der Waals surface area contributed by atoms with Gasteiger partial charge in [0.2, 0.25) is 0 Å². The minimum absolute atomic E-state index is 0.0177. The van der Waals surface area contributed by atoms with Gasteiger partial charge in [0.05, 0.1) is 11.2 Å². The van der Waals surface area contributed by atoms with Crippen molar-refractivity contribution >= 4 is 33.2 Å². The molecule has 0 saturated heterocycles. The molecule has 2 aromatic carbocycles. The van der Waals surface area contributed by atoms with E-state index in [1.165, 1.54) is 12.1 Å². The fourth-order valence-electron chi connectivity index (χ4n) is 4.28. The average molecular weight is 413 g/mol. The molecule has 2 heterocycles. The van der Waals surface area contributed by atoms with Gasteiger partial charge < -0.3 is 15.5 Å². The zero-order valence-electron chi connectivity index (χ0n) is 16.7. The Morgan fingerprint density at radius 3 is 2.90 bits per heavy atom. The van der Waals surface area contributed by atoms with Gasteiger partial charge in [-0.15, -0.1) is 6.58 Å². The molecule has 0 spiro atoms. The first-order valence-electron chi connectivity index (χ1n) is 10.1. The summed E-state index contributed by atoms with van der Waals surface area (Å²) in [4.78, 5) is 20.2. The van der Waals surface area contributed by atoms with Crippen molar-refractivity contribution in [2.45, 2.75) is 25.4 Å². The number of hydrogen-bond donors (Lipinski definition) is 3. The molecule has 3 N–H and O–H groups in total. The number of aromatic amines is 1. The molecule has 0 saturated carbocycles. The largest absolute Gasteiger partial charge is 0.383 e. The molecule has 1 aliphatic rings. The summed E-state index contributed by atoms with van der Waals surface area (Å²) in [6, 6.07) is 10.5. The lowest BCUT2D eigenvalue weighted by Gasteiger charge is -2.11. The van der Waals surface area contributed by atoms with E-state index in [-0.39, 0.29) is 17.9 Å². The van der Waals surface area contributed by atoms with Crippen molar-refractivity contribution in [1.82, 2.24) is 9.97 Å². The van der Waals surface area contributed by atoms with Crippen molar-refractivity contribution in [3.8, 4) is 11.3 Å². The fraction of sp³-hybridized carbons (Fsp3) is 0.160. The Hall–Kier alpha value is -3.64. The summed E-state index contributed by atoms with van der Waals surface area (Å²) in [5, 5.41) is 20.5. The number of aryl methyl sites for hydroxylation is 1. The number of nitrogens with one attached hydrogen (secondary N) is 2. The fourth-order valence-corrected chi connectivity index (χ4v) is 4.28. The van der Waals surface area contributed by atoms with Gasteiger partial charge in [-0.2, -0.15) is 0 Å². The second kappa shape index (κ2) is 7.25. The van der Waals surface area contributed by atoms with Crippen LogP contribution in [0.1, 0.15) is 28.0 Å². The molecular formula is C25H20FN3O2. The number of ketones is 1. The number of rotatable bonds is 5. The number of nitrogens with zero attached hydrogens (tertiary/aromatic N) is 1. The van der Waals surface area contributed by atoms with Crippen LogP contribution >= 0.6 is 0 Å². The number of H-pyrrole nitrogens is 1. The minimum Gasteiger partial charge on any atom is -0.383 e. The van der Waals surface area contributed by atoms with Crippen LogP contribution in [0.15, 0.2) is 55.3 Å². The Labute approximate surface area is 177 Å². The predicted octanol–water partition coefficient (Wildman–Crippen LogP) is 4.76. The van der Waals surface area contributed by atoms with E-state index in [4.69, 9.17) is 5.41 Å². The maximum absolute atomic E-state index is 14.3. The van der Waals surface area contributed by atoms with Gasteiger partial charge in [-0.25, -0.2) is 4.39 Å². The number of aromatic nitrogens is 2. The smallest absolute Gasteiger partial charge is 0.165 e. The molecule has 5 nitrogen and oxygen atoms in total. The molecule has 0 fully saturated rings. The van der Waals surface area contributed by atoms with E-state index in [2.05, 4.69) is 16.5 Å². The van der Waals surface area contributed by atoms with E-state index in [0.717, 1.165) is 39.4 Å². The summed E-state index contributed by atoms with van der Waals surface area (Å²) in [5.74, 6) is -0.269. The number of carbonyl (C=O) groups is 1. The Kier molecular flexibility index (Phi) is 4.52. The molecule has 31 heavy (non-hydrogen) atoms. The molecule has 0 bridgehead atoms. The maximum Gasteiger partial charge on any atom is 0.165 e. The summed E-state index contributed by atoms with van der Waals surface area (Å²) in [7, 11) is 0. The Morgan fingerprint density at radius 2 is 2.10 bits per heavy atom. The normalized spacial score (nSPS) is 14.2. The van der Waals surface area contributed by atoms with Crippen LogP contribution in [-0.2, 0) is 12.8 Å². The van der Waals surface area contributed by atoms with Crippen molar-refractivity contribution < 1.29 is 14.3 Å². The Bertz CT molecular complexity index is 1400. The average Bonchev–Trinajstić information content (AvgIpc) is 3.34. The highest BCUT2D eigenvalue weighted by Gasteiger charge is 2.25. The van der Waals surface area contributed by atoms with Gasteiger partial charge in [-0.1, -0.05) is 18.2 Å². The van der Waals surface area contributed by atoms with E-state index in [0.29, 0.717) is 23.2 Å². The van der Waals surface area contributed by atoms with Crippen LogP contribution in [0.4, 0.5) is 4.39 Å². The molecule has 6 heteroatoms. The van der Waals surface area contributed by atoms with Gasteiger partial charge in [0.25, 0.3) is 0 Å². The lowest BCUT2D eigenvalue weighted by atomic mass is 9.99. The summed E-state index contributed by atoms with van der Waals surface area (Å²) in [6.45, 7) is 3.47. The lowest BCUT2D eigenvalue weighted by Crippen LogP contribution is -2.19. The van der Waals surface area contributed by atoms with E-state index in [1.807, 2.05) is 18.2 Å². The molecule has 154 valence electrons. The molecule has 5 rings (SSSR count). The van der Waals surface area contributed by atoms with E-state index in [1.54, 1.807) is 18.3 Å². The Balaban J connectivity index is 1.61. The second-order valence-electron chi connectivity index (χ2n) is 7.87. The number of carbonyl (C=O) groups excluding carboxylic acids is 1. The third-order valence-electron chi connectivity index (χ3n) is 5.93. The molecule has 0 radical (unpaired) electrons. The SMILES string of the molecule is C=CC(O)C(=N)Cc1cc(-c2cc3c(ccc4c5c([nH]c43)CCC5=O)cn2)ccc1F. The number of fused-ring (bicyclic) bond motifs is 5. The molecular weight excluding hydrogens is 393 g/mol. The number of hydrogen-bond acceptors (Lipinski definition) is 4. The molecule has 0 aliphatic heterocycles. The van der Waals surface area contributed by atoms with Crippen molar-refractivity contribution in [1.29, 1.82) is 5.41 Å². The number of benzene rings is 2. The van der Waals surface area contributed by atoms with Gasteiger partial charge >= 0.3 is 0 Å². The third kappa shape index (κ3) is 3.16. The summed E-state index contributed by atoms with van der Waals surface area (Å²) in [6.07, 6.45) is 3.17. The van der Waals surface area contributed by atoms with E-state index in [9.17, 15) is 14.3 Å². The number of aliphatic hydroxyl groups is 1. The van der Waals surface area contributed by atoms with Crippen molar-refractivity contribution in [3.63, 3.8) is 0 Å². The lowest BCUT2D eigenvalue weighted by molar-refractivity contribution is 0.0996. The highest BCUT2D eigenvalue weighted by atomic mass is 19.1. The molecule has 0 amide bonds.